The van der Waals surface area contributed by atoms with Crippen LogP contribution < -0.4 is 10.6 Å². The highest BCUT2D eigenvalue weighted by Crippen LogP contribution is 2.10. The van der Waals surface area contributed by atoms with Crippen LogP contribution in [0, 0.1) is 5.82 Å². The second-order valence-electron chi connectivity index (χ2n) is 5.73. The molecule has 1 aromatic carbocycles. The number of carbonyl (C=O) groups excluding carboxylic acids is 1. The molecule has 0 radical (unpaired) electrons. The predicted molar refractivity (Wildman–Crippen MR) is 98.2 cm³/mol. The van der Waals surface area contributed by atoms with E-state index in [-0.39, 0.29) is 11.7 Å². The smallest absolute Gasteiger partial charge is 0.252 e. The van der Waals surface area contributed by atoms with Crippen LogP contribution in [0.4, 0.5) is 10.1 Å². The van der Waals surface area contributed by atoms with Gasteiger partial charge in [0.2, 0.25) is 0 Å². The molecule has 2 heterocycles. The number of nitrogens with zero attached hydrogens (tertiary/aromatic N) is 2. The van der Waals surface area contributed by atoms with Gasteiger partial charge >= 0.3 is 0 Å². The van der Waals surface area contributed by atoms with E-state index in [1.165, 1.54) is 12.3 Å². The summed E-state index contributed by atoms with van der Waals surface area (Å²) < 4.78 is 13.6. The summed E-state index contributed by atoms with van der Waals surface area (Å²) in [6.45, 7) is 0.895. The summed E-state index contributed by atoms with van der Waals surface area (Å²) in [7, 11) is 0. The molecule has 26 heavy (non-hydrogen) atoms. The van der Waals surface area contributed by atoms with Gasteiger partial charge in [0.1, 0.15) is 5.82 Å². The Bertz CT molecular complexity index is 870. The van der Waals surface area contributed by atoms with Crippen LogP contribution in [0.15, 0.2) is 67.1 Å². The number of aromatic nitrogens is 2. The summed E-state index contributed by atoms with van der Waals surface area (Å²) in [5, 5.41) is 5.98. The van der Waals surface area contributed by atoms with Gasteiger partial charge in [-0.15, -0.1) is 0 Å². The molecule has 0 unspecified atom stereocenters. The lowest BCUT2D eigenvalue weighted by molar-refractivity contribution is 0.0953. The van der Waals surface area contributed by atoms with Gasteiger partial charge in [0.15, 0.2) is 0 Å². The van der Waals surface area contributed by atoms with E-state index in [2.05, 4.69) is 20.6 Å². The molecule has 0 bridgehead atoms. The maximum Gasteiger partial charge on any atom is 0.252 e. The number of rotatable bonds is 7. The molecule has 0 spiro atoms. The third kappa shape index (κ3) is 4.86. The second-order valence-corrected chi connectivity index (χ2v) is 5.73. The number of benzene rings is 1. The van der Waals surface area contributed by atoms with Gasteiger partial charge in [0.05, 0.1) is 23.5 Å². The summed E-state index contributed by atoms with van der Waals surface area (Å²) >= 11 is 0. The molecule has 0 saturated carbocycles. The monoisotopic (exact) mass is 350 g/mol. The van der Waals surface area contributed by atoms with E-state index >= 15 is 0 Å². The van der Waals surface area contributed by atoms with E-state index in [0.717, 1.165) is 11.4 Å². The summed E-state index contributed by atoms with van der Waals surface area (Å²) in [6, 6.07) is 14.0. The molecule has 0 atom stereocenters. The molecule has 5 nitrogen and oxygen atoms in total. The van der Waals surface area contributed by atoms with Crippen molar-refractivity contribution in [1.82, 2.24) is 15.3 Å². The Kier molecular flexibility index (Phi) is 5.88. The van der Waals surface area contributed by atoms with Gasteiger partial charge in [-0.25, -0.2) is 4.39 Å². The first kappa shape index (κ1) is 17.5. The summed E-state index contributed by atoms with van der Waals surface area (Å²) in [5.74, 6) is -0.501. The molecule has 2 aromatic heterocycles. The molecule has 0 aliphatic carbocycles. The lowest BCUT2D eigenvalue weighted by Crippen LogP contribution is -2.26. The normalized spacial score (nSPS) is 10.3. The first-order valence-corrected chi connectivity index (χ1v) is 8.33. The highest BCUT2D eigenvalue weighted by Gasteiger charge is 2.08. The minimum absolute atomic E-state index is 0.240. The average Bonchev–Trinajstić information content (AvgIpc) is 2.69. The first-order valence-electron chi connectivity index (χ1n) is 8.33. The molecule has 0 aliphatic heterocycles. The Hall–Kier alpha value is -3.28. The Balaban J connectivity index is 1.53. The van der Waals surface area contributed by atoms with Gasteiger partial charge in [-0.1, -0.05) is 24.3 Å². The van der Waals surface area contributed by atoms with Crippen molar-refractivity contribution in [2.24, 2.45) is 0 Å². The third-order valence-corrected chi connectivity index (χ3v) is 3.84. The number of amides is 1. The van der Waals surface area contributed by atoms with Crippen molar-refractivity contribution in [3.05, 3.63) is 89.8 Å². The van der Waals surface area contributed by atoms with Crippen molar-refractivity contribution in [3.8, 4) is 0 Å². The van der Waals surface area contributed by atoms with Crippen LogP contribution in [0.1, 0.15) is 21.6 Å². The number of halogens is 1. The summed E-state index contributed by atoms with van der Waals surface area (Å²) in [6.07, 6.45) is 5.32. The Labute approximate surface area is 151 Å². The fraction of sp³-hybridized carbons (Fsp3) is 0.150. The van der Waals surface area contributed by atoms with Gasteiger partial charge in [-0.3, -0.25) is 14.8 Å². The Morgan fingerprint density at radius 1 is 1.08 bits per heavy atom. The zero-order valence-electron chi connectivity index (χ0n) is 14.2. The highest BCUT2D eigenvalue weighted by atomic mass is 19.1. The van der Waals surface area contributed by atoms with Crippen LogP contribution in [0.2, 0.25) is 0 Å². The predicted octanol–water partition coefficient (Wildman–Crippen LogP) is 3.20. The maximum atomic E-state index is 13.6. The zero-order valence-corrected chi connectivity index (χ0v) is 14.2. The summed E-state index contributed by atoms with van der Waals surface area (Å²) in [5.41, 5.74) is 2.66. The molecule has 0 aliphatic rings. The fourth-order valence-corrected chi connectivity index (χ4v) is 2.47. The van der Waals surface area contributed by atoms with E-state index in [1.807, 2.05) is 18.2 Å². The minimum Gasteiger partial charge on any atom is -0.378 e. The zero-order chi connectivity index (χ0) is 18.2. The maximum absolute atomic E-state index is 13.6. The molecule has 6 heteroatoms. The van der Waals surface area contributed by atoms with Crippen LogP contribution >= 0.6 is 0 Å². The van der Waals surface area contributed by atoms with Gasteiger partial charge in [-0.05, 0) is 36.2 Å². The van der Waals surface area contributed by atoms with E-state index in [9.17, 15) is 9.18 Å². The number of hydrogen-bond acceptors (Lipinski definition) is 4. The average molecular weight is 350 g/mol. The van der Waals surface area contributed by atoms with Crippen molar-refractivity contribution < 1.29 is 9.18 Å². The van der Waals surface area contributed by atoms with Crippen LogP contribution in [0.3, 0.4) is 0 Å². The SMILES string of the molecule is O=C(NCCc1ccccc1F)c1cncc(NCc2ccccn2)c1. The molecule has 0 saturated heterocycles. The molecule has 3 aromatic rings. The van der Waals surface area contributed by atoms with Gasteiger partial charge < -0.3 is 10.6 Å². The van der Waals surface area contributed by atoms with Gasteiger partial charge in [0.25, 0.3) is 5.91 Å². The van der Waals surface area contributed by atoms with E-state index < -0.39 is 0 Å². The van der Waals surface area contributed by atoms with E-state index in [1.54, 1.807) is 36.7 Å². The Morgan fingerprint density at radius 2 is 1.92 bits per heavy atom. The number of nitrogens with one attached hydrogen (secondary N) is 2. The minimum atomic E-state index is -0.260. The second kappa shape index (κ2) is 8.71. The van der Waals surface area contributed by atoms with Gasteiger partial charge in [0, 0.05) is 25.1 Å². The molecule has 132 valence electrons. The van der Waals surface area contributed by atoms with Crippen molar-refractivity contribution in [2.45, 2.75) is 13.0 Å². The molecule has 3 rings (SSSR count). The van der Waals surface area contributed by atoms with Crippen LogP contribution in [-0.4, -0.2) is 22.4 Å². The fourth-order valence-electron chi connectivity index (χ4n) is 2.47. The van der Waals surface area contributed by atoms with Crippen molar-refractivity contribution in [1.29, 1.82) is 0 Å². The van der Waals surface area contributed by atoms with Crippen LogP contribution in [-0.2, 0) is 13.0 Å². The molecular weight excluding hydrogens is 331 g/mol. The van der Waals surface area contributed by atoms with Crippen LogP contribution in [0.5, 0.6) is 0 Å². The summed E-state index contributed by atoms with van der Waals surface area (Å²) in [4.78, 5) is 20.6. The standard InChI is InChI=1S/C20H19FN4O/c21-19-7-2-1-5-15(19)8-10-24-20(26)16-11-18(13-22-12-16)25-14-17-6-3-4-9-23-17/h1-7,9,11-13,25H,8,10,14H2,(H,24,26). The molecular formula is C20H19FN4O. The third-order valence-electron chi connectivity index (χ3n) is 3.84. The molecule has 1 amide bonds. The molecule has 0 fully saturated rings. The first-order chi connectivity index (χ1) is 12.7. The number of anilines is 1. The Morgan fingerprint density at radius 3 is 2.73 bits per heavy atom. The van der Waals surface area contributed by atoms with Crippen LogP contribution in [0.25, 0.3) is 0 Å². The molecule has 2 N–H and O–H groups in total. The topological polar surface area (TPSA) is 66.9 Å². The number of carbonyl (C=O) groups is 1. The lowest BCUT2D eigenvalue weighted by atomic mass is 10.1. The van der Waals surface area contributed by atoms with Crippen molar-refractivity contribution >= 4 is 11.6 Å². The quantitative estimate of drug-likeness (QED) is 0.687. The van der Waals surface area contributed by atoms with Crippen molar-refractivity contribution in [3.63, 3.8) is 0 Å². The number of pyridine rings is 2. The van der Waals surface area contributed by atoms with Gasteiger partial charge in [-0.2, -0.15) is 0 Å². The highest BCUT2D eigenvalue weighted by molar-refractivity contribution is 5.94. The van der Waals surface area contributed by atoms with E-state index in [4.69, 9.17) is 0 Å². The largest absolute Gasteiger partial charge is 0.378 e. The van der Waals surface area contributed by atoms with E-state index in [0.29, 0.717) is 30.6 Å². The van der Waals surface area contributed by atoms with Crippen molar-refractivity contribution in [2.75, 3.05) is 11.9 Å². The lowest BCUT2D eigenvalue weighted by Gasteiger charge is -2.09. The number of hydrogen-bond donors (Lipinski definition) is 2.